The Kier molecular flexibility index (Phi) is 4.33. The first-order chi connectivity index (χ1) is 8.72. The number of thiazole rings is 1. The lowest BCUT2D eigenvalue weighted by atomic mass is 10.3. The maximum atomic E-state index is 4.99. The molecule has 0 saturated heterocycles. The van der Waals surface area contributed by atoms with Gasteiger partial charge in [0.1, 0.15) is 0 Å². The molecule has 98 valence electrons. The lowest BCUT2D eigenvalue weighted by Gasteiger charge is -2.09. The monoisotopic (exact) mass is 266 g/mol. The summed E-state index contributed by atoms with van der Waals surface area (Å²) in [4.78, 5) is 9.69. The Bertz CT molecular complexity index is 492. The Morgan fingerprint density at radius 2 is 2.28 bits per heavy atom. The number of nitrogens with zero attached hydrogens (tertiary/aromatic N) is 3. The zero-order chi connectivity index (χ0) is 13.0. The molecule has 0 aromatic carbocycles. The highest BCUT2D eigenvalue weighted by Crippen LogP contribution is 2.30. The third-order valence-electron chi connectivity index (χ3n) is 2.56. The van der Waals surface area contributed by atoms with Crippen molar-refractivity contribution in [2.24, 2.45) is 0 Å². The predicted molar refractivity (Wildman–Crippen MR) is 74.1 cm³/mol. The molecular weight excluding hydrogens is 248 g/mol. The predicted octanol–water partition coefficient (Wildman–Crippen LogP) is 2.65. The molecule has 0 spiro atoms. The van der Waals surface area contributed by atoms with E-state index in [1.165, 1.54) is 0 Å². The Balaban J connectivity index is 2.11. The van der Waals surface area contributed by atoms with Crippen molar-refractivity contribution >= 4 is 16.5 Å². The van der Waals surface area contributed by atoms with Crippen LogP contribution in [0.4, 0.5) is 5.13 Å². The van der Waals surface area contributed by atoms with Crippen LogP contribution in [0.5, 0.6) is 0 Å². The number of imidazole rings is 1. The maximum Gasteiger partial charge on any atom is 0.183 e. The van der Waals surface area contributed by atoms with Gasteiger partial charge in [0.15, 0.2) is 5.13 Å². The number of anilines is 1. The molecular formula is C12H18N4OS. The van der Waals surface area contributed by atoms with Crippen LogP contribution >= 0.6 is 11.3 Å². The van der Waals surface area contributed by atoms with Gasteiger partial charge in [0, 0.05) is 25.9 Å². The first-order valence-corrected chi connectivity index (χ1v) is 6.75. The molecule has 2 aromatic rings. The smallest absolute Gasteiger partial charge is 0.183 e. The molecule has 1 N–H and O–H groups in total. The van der Waals surface area contributed by atoms with Crippen LogP contribution in [0.25, 0.3) is 10.6 Å². The van der Waals surface area contributed by atoms with Gasteiger partial charge in [-0.1, -0.05) is 11.3 Å². The lowest BCUT2D eigenvalue weighted by Crippen LogP contribution is -2.06. The van der Waals surface area contributed by atoms with Gasteiger partial charge in [0.05, 0.1) is 29.7 Å². The molecule has 2 heterocycles. The highest BCUT2D eigenvalue weighted by Gasteiger charge is 2.10. The average molecular weight is 266 g/mol. The van der Waals surface area contributed by atoms with Crippen LogP contribution in [-0.2, 0) is 4.74 Å². The van der Waals surface area contributed by atoms with Gasteiger partial charge in [-0.2, -0.15) is 0 Å². The number of methoxy groups -OCH3 is 1. The molecule has 0 amide bonds. The van der Waals surface area contributed by atoms with Crippen molar-refractivity contribution < 1.29 is 4.74 Å². The van der Waals surface area contributed by atoms with Crippen LogP contribution in [0.3, 0.4) is 0 Å². The van der Waals surface area contributed by atoms with Gasteiger partial charge < -0.3 is 14.6 Å². The fourth-order valence-corrected chi connectivity index (χ4v) is 2.50. The summed E-state index contributed by atoms with van der Waals surface area (Å²) < 4.78 is 7.14. The van der Waals surface area contributed by atoms with Gasteiger partial charge in [-0.05, 0) is 13.8 Å². The molecule has 18 heavy (non-hydrogen) atoms. The molecule has 0 aliphatic rings. The average Bonchev–Trinajstić information content (AvgIpc) is 2.96. The molecule has 0 saturated carbocycles. The molecule has 0 aliphatic heterocycles. The third-order valence-corrected chi connectivity index (χ3v) is 3.54. The van der Waals surface area contributed by atoms with E-state index in [0.29, 0.717) is 12.6 Å². The Hall–Kier alpha value is -1.40. The maximum absolute atomic E-state index is 4.99. The fraction of sp³-hybridized carbons (Fsp3) is 0.500. The van der Waals surface area contributed by atoms with Crippen LogP contribution in [0.15, 0.2) is 18.7 Å². The number of ether oxygens (including phenoxy) is 1. The molecule has 0 unspecified atom stereocenters. The minimum atomic E-state index is 0.398. The fourth-order valence-electron chi connectivity index (χ4n) is 1.64. The largest absolute Gasteiger partial charge is 0.383 e. The SMILES string of the molecule is COCCNc1ncc(-c2cncn2C(C)C)s1. The Morgan fingerprint density at radius 3 is 3.00 bits per heavy atom. The summed E-state index contributed by atoms with van der Waals surface area (Å²) in [6.45, 7) is 5.74. The van der Waals surface area contributed by atoms with E-state index in [2.05, 4.69) is 33.7 Å². The summed E-state index contributed by atoms with van der Waals surface area (Å²) in [6, 6.07) is 0.398. The van der Waals surface area contributed by atoms with Gasteiger partial charge >= 0.3 is 0 Å². The minimum absolute atomic E-state index is 0.398. The van der Waals surface area contributed by atoms with Gasteiger partial charge in [-0.3, -0.25) is 0 Å². The molecule has 5 nitrogen and oxygen atoms in total. The van der Waals surface area contributed by atoms with Crippen molar-refractivity contribution in [3.8, 4) is 10.6 Å². The summed E-state index contributed by atoms with van der Waals surface area (Å²) in [5.41, 5.74) is 1.11. The molecule has 0 radical (unpaired) electrons. The van der Waals surface area contributed by atoms with Crippen molar-refractivity contribution in [2.75, 3.05) is 25.6 Å². The van der Waals surface area contributed by atoms with Gasteiger partial charge in [-0.15, -0.1) is 0 Å². The Labute approximate surface area is 111 Å². The first-order valence-electron chi connectivity index (χ1n) is 5.93. The summed E-state index contributed by atoms with van der Waals surface area (Å²) >= 11 is 1.63. The highest BCUT2D eigenvalue weighted by molar-refractivity contribution is 7.18. The quantitative estimate of drug-likeness (QED) is 0.817. The second-order valence-electron chi connectivity index (χ2n) is 4.23. The van der Waals surface area contributed by atoms with E-state index in [1.54, 1.807) is 18.4 Å². The standard InChI is InChI=1S/C12H18N4OS/c1-9(2)16-8-13-6-10(16)11-7-15-12(18-11)14-4-5-17-3/h6-9H,4-5H2,1-3H3,(H,14,15). The van der Waals surface area contributed by atoms with Crippen LogP contribution in [-0.4, -0.2) is 34.8 Å². The van der Waals surface area contributed by atoms with E-state index >= 15 is 0 Å². The van der Waals surface area contributed by atoms with E-state index in [0.717, 1.165) is 22.2 Å². The van der Waals surface area contributed by atoms with Gasteiger partial charge in [-0.25, -0.2) is 9.97 Å². The highest BCUT2D eigenvalue weighted by atomic mass is 32.1. The van der Waals surface area contributed by atoms with Gasteiger partial charge in [0.25, 0.3) is 0 Å². The van der Waals surface area contributed by atoms with Crippen molar-refractivity contribution in [1.82, 2.24) is 14.5 Å². The summed E-state index contributed by atoms with van der Waals surface area (Å²) in [5.74, 6) is 0. The molecule has 0 fully saturated rings. The van der Waals surface area contributed by atoms with E-state index in [1.807, 2.05) is 18.7 Å². The summed E-state index contributed by atoms with van der Waals surface area (Å²) in [7, 11) is 1.69. The summed E-state index contributed by atoms with van der Waals surface area (Å²) in [5, 5.41) is 4.14. The van der Waals surface area contributed by atoms with E-state index in [4.69, 9.17) is 4.74 Å². The van der Waals surface area contributed by atoms with Crippen LogP contribution in [0, 0.1) is 0 Å². The van der Waals surface area contributed by atoms with Crippen molar-refractivity contribution in [2.45, 2.75) is 19.9 Å². The second kappa shape index (κ2) is 5.97. The summed E-state index contributed by atoms with van der Waals surface area (Å²) in [6.07, 6.45) is 5.62. The number of hydrogen-bond donors (Lipinski definition) is 1. The molecule has 2 rings (SSSR count). The topological polar surface area (TPSA) is 52.0 Å². The minimum Gasteiger partial charge on any atom is -0.383 e. The molecule has 6 heteroatoms. The zero-order valence-corrected chi connectivity index (χ0v) is 11.7. The zero-order valence-electron chi connectivity index (χ0n) is 10.9. The van der Waals surface area contributed by atoms with E-state index in [9.17, 15) is 0 Å². The number of rotatable bonds is 6. The first kappa shape index (κ1) is 13.0. The Morgan fingerprint density at radius 1 is 1.44 bits per heavy atom. The molecule has 0 bridgehead atoms. The van der Waals surface area contributed by atoms with Crippen molar-refractivity contribution in [3.05, 3.63) is 18.7 Å². The number of nitrogens with one attached hydrogen (secondary N) is 1. The molecule has 2 aromatic heterocycles. The molecule has 0 aliphatic carbocycles. The normalized spacial score (nSPS) is 11.1. The van der Waals surface area contributed by atoms with E-state index in [-0.39, 0.29) is 0 Å². The lowest BCUT2D eigenvalue weighted by molar-refractivity contribution is 0.211. The number of aromatic nitrogens is 3. The van der Waals surface area contributed by atoms with Crippen molar-refractivity contribution in [1.29, 1.82) is 0 Å². The molecule has 0 atom stereocenters. The van der Waals surface area contributed by atoms with E-state index < -0.39 is 0 Å². The van der Waals surface area contributed by atoms with Gasteiger partial charge in [0.2, 0.25) is 0 Å². The van der Waals surface area contributed by atoms with Crippen LogP contribution in [0.1, 0.15) is 19.9 Å². The number of hydrogen-bond acceptors (Lipinski definition) is 5. The van der Waals surface area contributed by atoms with Crippen LogP contribution in [0.2, 0.25) is 0 Å². The van der Waals surface area contributed by atoms with Crippen LogP contribution < -0.4 is 5.32 Å². The third kappa shape index (κ3) is 2.88. The second-order valence-corrected chi connectivity index (χ2v) is 5.26. The van der Waals surface area contributed by atoms with Crippen molar-refractivity contribution in [3.63, 3.8) is 0 Å².